The maximum atomic E-state index is 5.04. The Morgan fingerprint density at radius 1 is 1.24 bits per heavy atom. The maximum Gasteiger partial charge on any atom is 0.229 e. The summed E-state index contributed by atoms with van der Waals surface area (Å²) in [6, 6.07) is 1.61. The average Bonchev–Trinajstić information content (AvgIpc) is 2.89. The zero-order chi connectivity index (χ0) is 12.1. The number of nitrogens with zero attached hydrogens (tertiary/aromatic N) is 3. The van der Waals surface area contributed by atoms with E-state index < -0.39 is 0 Å². The molecule has 2 aromatic rings. The first-order valence-electron chi connectivity index (χ1n) is 5.00. The van der Waals surface area contributed by atoms with Crippen LogP contribution in [-0.2, 0) is 6.54 Å². The highest BCUT2D eigenvalue weighted by Crippen LogP contribution is 2.17. The number of hydrogen-bond acceptors (Lipinski definition) is 6. The Morgan fingerprint density at radius 3 is 2.47 bits per heavy atom. The molecule has 0 unspecified atom stereocenters. The van der Waals surface area contributed by atoms with Crippen LogP contribution in [0.3, 0.4) is 0 Å². The number of H-pyrrole nitrogens is 1. The van der Waals surface area contributed by atoms with Gasteiger partial charge in [-0.1, -0.05) is 0 Å². The molecule has 0 fully saturated rings. The quantitative estimate of drug-likeness (QED) is 0.798. The predicted octanol–water partition coefficient (Wildman–Crippen LogP) is 0.829. The number of aromatic amines is 1. The second kappa shape index (κ2) is 5.15. The summed E-state index contributed by atoms with van der Waals surface area (Å²) < 4.78 is 10.1. The van der Waals surface area contributed by atoms with Crippen LogP contribution in [0.1, 0.15) is 5.69 Å². The van der Waals surface area contributed by atoms with E-state index in [4.69, 9.17) is 9.47 Å². The van der Waals surface area contributed by atoms with Gasteiger partial charge >= 0.3 is 0 Å². The molecule has 7 heteroatoms. The first-order valence-corrected chi connectivity index (χ1v) is 5.00. The van der Waals surface area contributed by atoms with Gasteiger partial charge in [0, 0.05) is 6.20 Å². The summed E-state index contributed by atoms with van der Waals surface area (Å²) in [5.74, 6) is 1.34. The molecule has 2 N–H and O–H groups in total. The zero-order valence-electron chi connectivity index (χ0n) is 9.60. The number of imidazole rings is 1. The Bertz CT molecular complexity index is 449. The molecule has 2 aromatic heterocycles. The van der Waals surface area contributed by atoms with E-state index in [0.29, 0.717) is 24.3 Å². The fourth-order valence-electron chi connectivity index (χ4n) is 1.25. The Kier molecular flexibility index (Phi) is 3.39. The number of rotatable bonds is 5. The maximum absolute atomic E-state index is 5.04. The molecule has 0 aliphatic rings. The topological polar surface area (TPSA) is 85.0 Å². The molecule has 0 aliphatic carbocycles. The van der Waals surface area contributed by atoms with Crippen LogP contribution in [0.5, 0.6) is 11.8 Å². The second-order valence-electron chi connectivity index (χ2n) is 3.21. The van der Waals surface area contributed by atoms with Crippen LogP contribution in [0.15, 0.2) is 18.6 Å². The fourth-order valence-corrected chi connectivity index (χ4v) is 1.25. The minimum absolute atomic E-state index is 0.441. The van der Waals surface area contributed by atoms with Gasteiger partial charge in [-0.05, 0) is 0 Å². The van der Waals surface area contributed by atoms with Gasteiger partial charge in [0.25, 0.3) is 0 Å². The van der Waals surface area contributed by atoms with Crippen LogP contribution in [0.4, 0.5) is 5.95 Å². The molecule has 0 aromatic carbocycles. The van der Waals surface area contributed by atoms with Gasteiger partial charge < -0.3 is 19.8 Å². The third-order valence-corrected chi connectivity index (χ3v) is 2.09. The van der Waals surface area contributed by atoms with E-state index in [2.05, 4.69) is 25.3 Å². The minimum Gasteiger partial charge on any atom is -0.481 e. The largest absolute Gasteiger partial charge is 0.481 e. The fraction of sp³-hybridized carbons (Fsp3) is 0.300. The minimum atomic E-state index is 0.441. The SMILES string of the molecule is COc1cc(OC)nc(NCc2cnc[nH]2)n1. The highest BCUT2D eigenvalue weighted by molar-refractivity contribution is 5.33. The lowest BCUT2D eigenvalue weighted by atomic mass is 10.5. The van der Waals surface area contributed by atoms with E-state index >= 15 is 0 Å². The lowest BCUT2D eigenvalue weighted by Crippen LogP contribution is -2.05. The Morgan fingerprint density at radius 2 is 1.94 bits per heavy atom. The van der Waals surface area contributed by atoms with Crippen molar-refractivity contribution >= 4 is 5.95 Å². The van der Waals surface area contributed by atoms with Crippen molar-refractivity contribution in [2.75, 3.05) is 19.5 Å². The van der Waals surface area contributed by atoms with Crippen LogP contribution in [0.25, 0.3) is 0 Å². The van der Waals surface area contributed by atoms with Crippen molar-refractivity contribution in [2.45, 2.75) is 6.54 Å². The molecule has 17 heavy (non-hydrogen) atoms. The number of methoxy groups -OCH3 is 2. The molecule has 0 spiro atoms. The van der Waals surface area contributed by atoms with Gasteiger partial charge in [-0.15, -0.1) is 0 Å². The summed E-state index contributed by atoms with van der Waals surface area (Å²) in [5, 5.41) is 3.04. The third kappa shape index (κ3) is 2.83. The van der Waals surface area contributed by atoms with Gasteiger partial charge in [0.2, 0.25) is 17.7 Å². The lowest BCUT2D eigenvalue weighted by molar-refractivity contribution is 0.373. The second-order valence-corrected chi connectivity index (χ2v) is 3.21. The Hall–Kier alpha value is -2.31. The van der Waals surface area contributed by atoms with Crippen molar-refractivity contribution < 1.29 is 9.47 Å². The van der Waals surface area contributed by atoms with E-state index in [-0.39, 0.29) is 0 Å². The highest BCUT2D eigenvalue weighted by atomic mass is 16.5. The summed E-state index contributed by atoms with van der Waals surface area (Å²) in [6.45, 7) is 0.552. The lowest BCUT2D eigenvalue weighted by Gasteiger charge is -2.07. The van der Waals surface area contributed by atoms with Crippen molar-refractivity contribution in [2.24, 2.45) is 0 Å². The predicted molar refractivity (Wildman–Crippen MR) is 61.1 cm³/mol. The van der Waals surface area contributed by atoms with Gasteiger partial charge in [0.15, 0.2) is 0 Å². The first-order chi connectivity index (χ1) is 8.31. The summed E-state index contributed by atoms with van der Waals surface area (Å²) in [7, 11) is 3.08. The van der Waals surface area contributed by atoms with E-state index in [1.54, 1.807) is 32.8 Å². The molecule has 2 heterocycles. The number of nitrogens with one attached hydrogen (secondary N) is 2. The van der Waals surface area contributed by atoms with Crippen molar-refractivity contribution in [3.63, 3.8) is 0 Å². The van der Waals surface area contributed by atoms with Crippen LogP contribution in [0, 0.1) is 0 Å². The van der Waals surface area contributed by atoms with E-state index in [1.165, 1.54) is 0 Å². The van der Waals surface area contributed by atoms with Crippen LogP contribution < -0.4 is 14.8 Å². The first kappa shape index (κ1) is 11.2. The molecule has 2 rings (SSSR count). The third-order valence-electron chi connectivity index (χ3n) is 2.09. The van der Waals surface area contributed by atoms with Gasteiger partial charge in [-0.3, -0.25) is 0 Å². The van der Waals surface area contributed by atoms with Crippen molar-refractivity contribution in [1.82, 2.24) is 19.9 Å². The molecule has 90 valence electrons. The van der Waals surface area contributed by atoms with E-state index in [9.17, 15) is 0 Å². The molecule has 0 saturated carbocycles. The van der Waals surface area contributed by atoms with E-state index in [1.807, 2.05) is 0 Å². The molecule has 0 aliphatic heterocycles. The summed E-state index contributed by atoms with van der Waals surface area (Å²) in [4.78, 5) is 15.2. The average molecular weight is 235 g/mol. The van der Waals surface area contributed by atoms with Gasteiger partial charge in [0.1, 0.15) is 0 Å². The van der Waals surface area contributed by atoms with Crippen LogP contribution >= 0.6 is 0 Å². The number of aromatic nitrogens is 4. The normalized spacial score (nSPS) is 10.0. The smallest absolute Gasteiger partial charge is 0.229 e. The van der Waals surface area contributed by atoms with Gasteiger partial charge in [-0.25, -0.2) is 4.98 Å². The number of hydrogen-bond donors (Lipinski definition) is 2. The van der Waals surface area contributed by atoms with Gasteiger partial charge in [-0.2, -0.15) is 9.97 Å². The Balaban J connectivity index is 2.09. The van der Waals surface area contributed by atoms with Crippen molar-refractivity contribution in [1.29, 1.82) is 0 Å². The monoisotopic (exact) mass is 235 g/mol. The molecular weight excluding hydrogens is 222 g/mol. The summed E-state index contributed by atoms with van der Waals surface area (Å²) in [5.41, 5.74) is 0.940. The van der Waals surface area contributed by atoms with Crippen LogP contribution in [0.2, 0.25) is 0 Å². The number of anilines is 1. The van der Waals surface area contributed by atoms with E-state index in [0.717, 1.165) is 5.69 Å². The highest BCUT2D eigenvalue weighted by Gasteiger charge is 2.05. The number of ether oxygens (including phenoxy) is 2. The molecule has 0 bridgehead atoms. The molecule has 0 saturated heterocycles. The standard InChI is InChI=1S/C10H13N5O2/c1-16-8-3-9(17-2)15-10(14-8)12-5-7-4-11-6-13-7/h3-4,6H,5H2,1-2H3,(H,11,13)(H,12,14,15). The molecule has 0 amide bonds. The summed E-state index contributed by atoms with van der Waals surface area (Å²) >= 11 is 0. The zero-order valence-corrected chi connectivity index (χ0v) is 9.60. The van der Waals surface area contributed by atoms with Crippen molar-refractivity contribution in [3.05, 3.63) is 24.3 Å². The molecule has 0 atom stereocenters. The van der Waals surface area contributed by atoms with Gasteiger partial charge in [0.05, 0.1) is 38.9 Å². The molecule has 7 nitrogen and oxygen atoms in total. The van der Waals surface area contributed by atoms with Crippen molar-refractivity contribution in [3.8, 4) is 11.8 Å². The van der Waals surface area contributed by atoms with Crippen LogP contribution in [-0.4, -0.2) is 34.2 Å². The summed E-state index contributed by atoms with van der Waals surface area (Å²) in [6.07, 6.45) is 3.34. The molecule has 0 radical (unpaired) electrons. The molecular formula is C10H13N5O2. The Labute approximate surface area is 98.2 Å².